The van der Waals surface area contributed by atoms with E-state index in [1.54, 1.807) is 6.20 Å². The molecule has 0 spiro atoms. The monoisotopic (exact) mass is 509 g/mol. The van der Waals surface area contributed by atoms with E-state index in [1.807, 2.05) is 39.3 Å². The van der Waals surface area contributed by atoms with Crippen molar-refractivity contribution in [2.24, 2.45) is 0 Å². The Morgan fingerprint density at radius 2 is 1.86 bits per heavy atom. The van der Waals surface area contributed by atoms with Crippen molar-refractivity contribution in [2.75, 3.05) is 44.4 Å². The number of fused-ring (bicyclic) bond motifs is 1. The molecule has 0 amide bonds. The van der Waals surface area contributed by atoms with Crippen molar-refractivity contribution in [3.8, 4) is 17.3 Å². The molecule has 9 nitrogen and oxygen atoms in total. The van der Waals surface area contributed by atoms with E-state index in [0.29, 0.717) is 12.1 Å². The molecule has 192 valence electrons. The lowest BCUT2D eigenvalue weighted by molar-refractivity contribution is -0.137. The maximum Gasteiger partial charge on any atom is 0.417 e. The number of nitriles is 1. The van der Waals surface area contributed by atoms with Gasteiger partial charge in [-0.25, -0.2) is 19.9 Å². The summed E-state index contributed by atoms with van der Waals surface area (Å²) in [6.45, 7) is 2.26. The van der Waals surface area contributed by atoms with Gasteiger partial charge >= 0.3 is 6.18 Å². The third-order valence-corrected chi connectivity index (χ3v) is 5.77. The fourth-order valence-electron chi connectivity index (χ4n) is 3.78. The lowest BCUT2D eigenvalue weighted by Gasteiger charge is -2.19. The number of pyridine rings is 2. The SMILES string of the molecule is CN(C)CCCN(C)c1ccc(CNc2ncc(C#N)c(-c3c[nH]c4ncc(C(F)(F)F)cc34)n2)cn1. The molecule has 0 radical (unpaired) electrons. The predicted molar refractivity (Wildman–Crippen MR) is 135 cm³/mol. The van der Waals surface area contributed by atoms with Gasteiger partial charge in [0.2, 0.25) is 5.95 Å². The fourth-order valence-corrected chi connectivity index (χ4v) is 3.78. The highest BCUT2D eigenvalue weighted by Crippen LogP contribution is 2.34. The van der Waals surface area contributed by atoms with Crippen molar-refractivity contribution in [3.05, 3.63) is 59.7 Å². The predicted octanol–water partition coefficient (Wildman–Crippen LogP) is 4.31. The first-order valence-corrected chi connectivity index (χ1v) is 11.5. The molecule has 0 saturated heterocycles. The number of halogens is 3. The van der Waals surface area contributed by atoms with Crippen LogP contribution in [-0.2, 0) is 12.7 Å². The van der Waals surface area contributed by atoms with Crippen LogP contribution in [0, 0.1) is 11.3 Å². The third kappa shape index (κ3) is 6.13. The molecule has 2 N–H and O–H groups in total. The van der Waals surface area contributed by atoms with Crippen LogP contribution in [0.3, 0.4) is 0 Å². The first-order chi connectivity index (χ1) is 17.7. The van der Waals surface area contributed by atoms with Gasteiger partial charge < -0.3 is 20.1 Å². The van der Waals surface area contributed by atoms with E-state index in [4.69, 9.17) is 0 Å². The molecule has 0 aliphatic rings. The quantitative estimate of drug-likeness (QED) is 0.344. The molecule has 0 saturated carbocycles. The van der Waals surface area contributed by atoms with Gasteiger partial charge in [-0.2, -0.15) is 18.4 Å². The Balaban J connectivity index is 1.51. The molecule has 0 aliphatic heterocycles. The molecule has 0 bridgehead atoms. The van der Waals surface area contributed by atoms with Gasteiger partial charge in [-0.1, -0.05) is 6.07 Å². The Hall–Kier alpha value is -4.24. The highest BCUT2D eigenvalue weighted by molar-refractivity contribution is 5.94. The van der Waals surface area contributed by atoms with Crippen LogP contribution in [0.15, 0.2) is 43.0 Å². The number of rotatable bonds is 9. The topological polar surface area (TPSA) is 110 Å². The number of H-pyrrole nitrogens is 1. The molecule has 0 aromatic carbocycles. The second kappa shape index (κ2) is 10.8. The van der Waals surface area contributed by atoms with Crippen LogP contribution in [0.25, 0.3) is 22.3 Å². The summed E-state index contributed by atoms with van der Waals surface area (Å²) >= 11 is 0. The van der Waals surface area contributed by atoms with Gasteiger partial charge in [0.05, 0.1) is 23.0 Å². The number of hydrogen-bond acceptors (Lipinski definition) is 8. The van der Waals surface area contributed by atoms with Gasteiger partial charge in [-0.3, -0.25) is 0 Å². The first kappa shape index (κ1) is 25.8. The lowest BCUT2D eigenvalue weighted by atomic mass is 10.1. The molecular formula is C25H26F3N9. The number of alkyl halides is 3. The van der Waals surface area contributed by atoms with Crippen LogP contribution in [0.4, 0.5) is 24.9 Å². The van der Waals surface area contributed by atoms with Crippen molar-refractivity contribution in [3.63, 3.8) is 0 Å². The molecule has 0 atom stereocenters. The number of nitrogens with zero attached hydrogens (tertiary/aromatic N) is 7. The average Bonchev–Trinajstić information content (AvgIpc) is 3.30. The van der Waals surface area contributed by atoms with E-state index in [9.17, 15) is 18.4 Å². The van der Waals surface area contributed by atoms with Gasteiger partial charge in [-0.05, 0) is 44.8 Å². The van der Waals surface area contributed by atoms with Crippen LogP contribution in [0.1, 0.15) is 23.1 Å². The van der Waals surface area contributed by atoms with Crippen molar-refractivity contribution >= 4 is 22.8 Å². The average molecular weight is 510 g/mol. The molecule has 0 unspecified atom stereocenters. The first-order valence-electron chi connectivity index (χ1n) is 11.5. The van der Waals surface area contributed by atoms with Gasteiger partial charge in [0.15, 0.2) is 0 Å². The Morgan fingerprint density at radius 1 is 1.05 bits per heavy atom. The van der Waals surface area contributed by atoms with E-state index in [1.165, 1.54) is 12.4 Å². The molecule has 4 heterocycles. The second-order valence-electron chi connectivity index (χ2n) is 8.84. The summed E-state index contributed by atoms with van der Waals surface area (Å²) in [5, 5.41) is 12.9. The van der Waals surface area contributed by atoms with Crippen molar-refractivity contribution < 1.29 is 13.2 Å². The zero-order chi connectivity index (χ0) is 26.6. The van der Waals surface area contributed by atoms with Crippen molar-refractivity contribution in [2.45, 2.75) is 19.1 Å². The summed E-state index contributed by atoms with van der Waals surface area (Å²) in [6, 6.07) is 6.89. The number of aromatic nitrogens is 5. The van der Waals surface area contributed by atoms with Gasteiger partial charge in [-0.15, -0.1) is 0 Å². The van der Waals surface area contributed by atoms with Crippen LogP contribution in [0.5, 0.6) is 0 Å². The summed E-state index contributed by atoms with van der Waals surface area (Å²) in [6.07, 6.45) is 1.84. The smallest absolute Gasteiger partial charge is 0.360 e. The molecule has 0 aliphatic carbocycles. The summed E-state index contributed by atoms with van der Waals surface area (Å²) in [5.41, 5.74) is 0.946. The number of aromatic amines is 1. The minimum absolute atomic E-state index is 0.132. The zero-order valence-electron chi connectivity index (χ0n) is 20.6. The highest BCUT2D eigenvalue weighted by Gasteiger charge is 2.31. The van der Waals surface area contributed by atoms with E-state index in [0.717, 1.165) is 43.2 Å². The molecule has 4 aromatic heterocycles. The third-order valence-electron chi connectivity index (χ3n) is 5.77. The summed E-state index contributed by atoms with van der Waals surface area (Å²) in [7, 11) is 6.09. The van der Waals surface area contributed by atoms with Crippen LogP contribution in [-0.4, -0.2) is 64.1 Å². The maximum atomic E-state index is 13.2. The van der Waals surface area contributed by atoms with E-state index < -0.39 is 11.7 Å². The summed E-state index contributed by atoms with van der Waals surface area (Å²) in [5.74, 6) is 1.10. The van der Waals surface area contributed by atoms with Crippen molar-refractivity contribution in [1.82, 2.24) is 29.8 Å². The zero-order valence-corrected chi connectivity index (χ0v) is 20.6. The highest BCUT2D eigenvalue weighted by atomic mass is 19.4. The van der Waals surface area contributed by atoms with E-state index in [2.05, 4.69) is 40.0 Å². The Labute approximate surface area is 212 Å². The van der Waals surface area contributed by atoms with Crippen LogP contribution < -0.4 is 10.2 Å². The number of nitrogens with one attached hydrogen (secondary N) is 2. The Morgan fingerprint density at radius 3 is 2.54 bits per heavy atom. The molecule has 4 aromatic rings. The molecule has 0 fully saturated rings. The Bertz CT molecular complexity index is 1410. The Kier molecular flexibility index (Phi) is 7.54. The van der Waals surface area contributed by atoms with Crippen molar-refractivity contribution in [1.29, 1.82) is 5.26 Å². The second-order valence-corrected chi connectivity index (χ2v) is 8.84. The standard InChI is InChI=1S/C25H26F3N9/c1-36(2)7-4-8-37(3)21-6-5-16(11-30-21)12-33-24-34-13-17(10-29)22(35-24)20-15-32-23-19(20)9-18(14-31-23)25(26,27)28/h5-6,9,11,13-15H,4,7-8,12H2,1-3H3,(H,31,32)(H,33,34,35). The van der Waals surface area contributed by atoms with E-state index >= 15 is 0 Å². The maximum absolute atomic E-state index is 13.2. The van der Waals surface area contributed by atoms with Crippen LogP contribution >= 0.6 is 0 Å². The molecule has 12 heteroatoms. The fraction of sp³-hybridized carbons (Fsp3) is 0.320. The number of hydrogen-bond donors (Lipinski definition) is 2. The molecule has 37 heavy (non-hydrogen) atoms. The molecular weight excluding hydrogens is 483 g/mol. The normalized spacial score (nSPS) is 11.6. The van der Waals surface area contributed by atoms with Gasteiger partial charge in [0.25, 0.3) is 0 Å². The van der Waals surface area contributed by atoms with Gasteiger partial charge in [0, 0.05) is 49.7 Å². The molecule has 4 rings (SSSR count). The summed E-state index contributed by atoms with van der Waals surface area (Å²) in [4.78, 5) is 24.1. The minimum Gasteiger partial charge on any atom is -0.360 e. The lowest BCUT2D eigenvalue weighted by Crippen LogP contribution is -2.24. The van der Waals surface area contributed by atoms with E-state index in [-0.39, 0.29) is 28.2 Å². The summed E-state index contributed by atoms with van der Waals surface area (Å²) < 4.78 is 39.7. The largest absolute Gasteiger partial charge is 0.417 e. The number of anilines is 2. The minimum atomic E-state index is -4.54. The van der Waals surface area contributed by atoms with Crippen LogP contribution in [0.2, 0.25) is 0 Å². The van der Waals surface area contributed by atoms with Gasteiger partial charge in [0.1, 0.15) is 17.5 Å².